The zero-order valence-electron chi connectivity index (χ0n) is 14.8. The number of carbonyl (C=O) groups excluding carboxylic acids is 1. The molecule has 0 aromatic carbocycles. The van der Waals surface area contributed by atoms with Crippen LogP contribution in [0, 0.1) is 12.8 Å². The van der Waals surface area contributed by atoms with Crippen molar-refractivity contribution in [2.45, 2.75) is 89.1 Å². The molecule has 24 heavy (non-hydrogen) atoms. The topological polar surface area (TPSA) is 72.9 Å². The smallest absolute Gasteiger partial charge is 0.226 e. The second-order valence-corrected chi connectivity index (χ2v) is 8.12. The average Bonchev–Trinajstić information content (AvgIpc) is 2.92. The maximum Gasteiger partial charge on any atom is 0.226 e. The molecule has 2 fully saturated rings. The molecule has 1 aliphatic heterocycles. The second-order valence-electron chi connectivity index (χ2n) is 8.12. The predicted octanol–water partition coefficient (Wildman–Crippen LogP) is 3.64. The van der Waals surface area contributed by atoms with Crippen molar-refractivity contribution in [2.24, 2.45) is 11.7 Å². The fraction of sp³-hybridized carbons (Fsp3) is 0.789. The number of rotatable bonds is 2. The van der Waals surface area contributed by atoms with Crippen LogP contribution < -0.4 is 11.1 Å². The van der Waals surface area contributed by atoms with Gasteiger partial charge in [0, 0.05) is 23.9 Å². The Balaban J connectivity index is 1.66. The Labute approximate surface area is 144 Å². The van der Waals surface area contributed by atoms with Gasteiger partial charge in [0.25, 0.3) is 0 Å². The molecule has 0 saturated heterocycles. The first-order valence-electron chi connectivity index (χ1n) is 9.78. The van der Waals surface area contributed by atoms with E-state index in [-0.39, 0.29) is 5.91 Å². The molecule has 4 rings (SSSR count). The Bertz CT molecular complexity index is 609. The number of aryl methyl sites for hydroxylation is 1. The van der Waals surface area contributed by atoms with Gasteiger partial charge in [-0.05, 0) is 51.4 Å². The van der Waals surface area contributed by atoms with E-state index in [9.17, 15) is 4.79 Å². The van der Waals surface area contributed by atoms with Crippen LogP contribution in [0.5, 0.6) is 0 Å². The normalized spacial score (nSPS) is 31.6. The van der Waals surface area contributed by atoms with E-state index in [1.165, 1.54) is 37.7 Å². The van der Waals surface area contributed by atoms with Gasteiger partial charge < -0.3 is 11.1 Å². The molecule has 1 amide bonds. The average molecular weight is 330 g/mol. The molecule has 1 atom stereocenters. The number of amides is 1. The van der Waals surface area contributed by atoms with Gasteiger partial charge in [-0.25, -0.2) is 4.68 Å². The molecule has 5 heteroatoms. The summed E-state index contributed by atoms with van der Waals surface area (Å²) in [5.41, 5.74) is 8.53. The SMILES string of the molecule is Cc1nn(C2CCCCC2)c2c1[C@@H](C1CCC(N)CC1)CC(=O)N2. The molecule has 2 aliphatic carbocycles. The lowest BCUT2D eigenvalue weighted by Gasteiger charge is -2.35. The molecule has 3 aliphatic rings. The summed E-state index contributed by atoms with van der Waals surface area (Å²) in [5, 5.41) is 8.05. The van der Waals surface area contributed by atoms with Gasteiger partial charge >= 0.3 is 0 Å². The molecule has 1 aromatic heterocycles. The van der Waals surface area contributed by atoms with Crippen LogP contribution in [-0.2, 0) is 4.79 Å². The fourth-order valence-corrected chi connectivity index (χ4v) is 5.15. The van der Waals surface area contributed by atoms with Crippen molar-refractivity contribution in [3.8, 4) is 0 Å². The first-order valence-corrected chi connectivity index (χ1v) is 9.78. The maximum atomic E-state index is 12.4. The molecular formula is C19H30N4O. The summed E-state index contributed by atoms with van der Waals surface area (Å²) < 4.78 is 2.16. The van der Waals surface area contributed by atoms with Crippen molar-refractivity contribution >= 4 is 11.7 Å². The number of carbonyl (C=O) groups is 1. The van der Waals surface area contributed by atoms with Crippen LogP contribution in [0.3, 0.4) is 0 Å². The number of fused-ring (bicyclic) bond motifs is 1. The molecule has 0 spiro atoms. The van der Waals surface area contributed by atoms with Crippen molar-refractivity contribution in [2.75, 3.05) is 5.32 Å². The summed E-state index contributed by atoms with van der Waals surface area (Å²) in [6.07, 6.45) is 11.3. The number of aromatic nitrogens is 2. The van der Waals surface area contributed by atoms with E-state index >= 15 is 0 Å². The molecule has 5 nitrogen and oxygen atoms in total. The van der Waals surface area contributed by atoms with Crippen LogP contribution in [0.4, 0.5) is 5.82 Å². The summed E-state index contributed by atoms with van der Waals surface area (Å²) in [4.78, 5) is 12.4. The third-order valence-electron chi connectivity index (χ3n) is 6.47. The van der Waals surface area contributed by atoms with Gasteiger partial charge in [-0.15, -0.1) is 0 Å². The second kappa shape index (κ2) is 6.51. The Morgan fingerprint density at radius 3 is 2.50 bits per heavy atom. The van der Waals surface area contributed by atoms with Gasteiger partial charge in [0.2, 0.25) is 5.91 Å². The first-order chi connectivity index (χ1) is 11.6. The van der Waals surface area contributed by atoms with Crippen molar-refractivity contribution in [3.63, 3.8) is 0 Å². The Kier molecular flexibility index (Phi) is 4.37. The molecule has 2 saturated carbocycles. The highest BCUT2D eigenvalue weighted by Crippen LogP contribution is 2.46. The summed E-state index contributed by atoms with van der Waals surface area (Å²) in [6.45, 7) is 2.12. The third-order valence-corrected chi connectivity index (χ3v) is 6.47. The van der Waals surface area contributed by atoms with Crippen molar-refractivity contribution < 1.29 is 4.79 Å². The zero-order chi connectivity index (χ0) is 16.7. The Morgan fingerprint density at radius 1 is 1.08 bits per heavy atom. The van der Waals surface area contributed by atoms with Crippen molar-refractivity contribution in [3.05, 3.63) is 11.3 Å². The molecule has 132 valence electrons. The first kappa shape index (κ1) is 16.1. The number of nitrogens with two attached hydrogens (primary N) is 1. The summed E-state index contributed by atoms with van der Waals surface area (Å²) in [6, 6.07) is 0.809. The Morgan fingerprint density at radius 2 is 1.79 bits per heavy atom. The van der Waals surface area contributed by atoms with Crippen LogP contribution in [-0.4, -0.2) is 21.7 Å². The lowest BCUT2D eigenvalue weighted by molar-refractivity contribution is -0.117. The lowest BCUT2D eigenvalue weighted by Crippen LogP contribution is -2.33. The number of nitrogens with zero attached hydrogens (tertiary/aromatic N) is 2. The van der Waals surface area contributed by atoms with E-state index in [4.69, 9.17) is 10.8 Å². The third kappa shape index (κ3) is 2.87. The van der Waals surface area contributed by atoms with Crippen LogP contribution in [0.25, 0.3) is 0 Å². The summed E-state index contributed by atoms with van der Waals surface area (Å²) >= 11 is 0. The fourth-order valence-electron chi connectivity index (χ4n) is 5.15. The Hall–Kier alpha value is -1.36. The summed E-state index contributed by atoms with van der Waals surface area (Å²) in [5.74, 6) is 2.09. The number of hydrogen-bond donors (Lipinski definition) is 2. The zero-order valence-corrected chi connectivity index (χ0v) is 14.8. The highest BCUT2D eigenvalue weighted by atomic mass is 16.1. The van der Waals surface area contributed by atoms with Gasteiger partial charge in [-0.2, -0.15) is 5.10 Å². The number of hydrogen-bond acceptors (Lipinski definition) is 3. The minimum Gasteiger partial charge on any atom is -0.328 e. The monoisotopic (exact) mass is 330 g/mol. The predicted molar refractivity (Wildman–Crippen MR) is 95.0 cm³/mol. The number of nitrogens with one attached hydrogen (secondary N) is 1. The maximum absolute atomic E-state index is 12.4. The highest BCUT2D eigenvalue weighted by Gasteiger charge is 2.38. The van der Waals surface area contributed by atoms with Crippen LogP contribution in [0.15, 0.2) is 0 Å². The van der Waals surface area contributed by atoms with Crippen molar-refractivity contribution in [1.29, 1.82) is 0 Å². The quantitative estimate of drug-likeness (QED) is 0.869. The van der Waals surface area contributed by atoms with E-state index < -0.39 is 0 Å². The lowest BCUT2D eigenvalue weighted by atomic mass is 9.73. The van der Waals surface area contributed by atoms with E-state index in [0.29, 0.717) is 30.3 Å². The van der Waals surface area contributed by atoms with E-state index in [1.807, 2.05) is 0 Å². The summed E-state index contributed by atoms with van der Waals surface area (Å²) in [7, 11) is 0. The van der Waals surface area contributed by atoms with Gasteiger partial charge in [-0.1, -0.05) is 19.3 Å². The van der Waals surface area contributed by atoms with Gasteiger partial charge in [0.1, 0.15) is 5.82 Å². The minimum absolute atomic E-state index is 0.166. The van der Waals surface area contributed by atoms with Crippen LogP contribution >= 0.6 is 0 Å². The van der Waals surface area contributed by atoms with Gasteiger partial charge in [0.05, 0.1) is 11.7 Å². The van der Waals surface area contributed by atoms with Crippen molar-refractivity contribution in [1.82, 2.24) is 9.78 Å². The van der Waals surface area contributed by atoms with E-state index in [0.717, 1.165) is 37.2 Å². The van der Waals surface area contributed by atoms with E-state index in [2.05, 4.69) is 16.9 Å². The molecule has 0 radical (unpaired) electrons. The van der Waals surface area contributed by atoms with Gasteiger partial charge in [0.15, 0.2) is 0 Å². The molecule has 2 heterocycles. The molecule has 1 aromatic rings. The van der Waals surface area contributed by atoms with Crippen LogP contribution in [0.1, 0.15) is 87.4 Å². The van der Waals surface area contributed by atoms with Crippen LogP contribution in [0.2, 0.25) is 0 Å². The standard InChI is InChI=1S/C19H30N4O/c1-12-18-16(13-7-9-14(20)10-8-13)11-17(24)21-19(18)23(22-12)15-5-3-2-4-6-15/h13-16H,2-11,20H2,1H3,(H,21,24)/t13?,14?,16-/m1/s1. The largest absolute Gasteiger partial charge is 0.328 e. The highest BCUT2D eigenvalue weighted by molar-refractivity contribution is 5.94. The molecule has 0 unspecified atom stereocenters. The molecule has 0 bridgehead atoms. The van der Waals surface area contributed by atoms with Gasteiger partial charge in [-0.3, -0.25) is 4.79 Å². The molecule has 3 N–H and O–H groups in total. The van der Waals surface area contributed by atoms with E-state index in [1.54, 1.807) is 0 Å². The number of anilines is 1. The minimum atomic E-state index is 0.166. The molecular weight excluding hydrogens is 300 g/mol.